The molecule has 1 amide bonds. The van der Waals surface area contributed by atoms with E-state index in [1.54, 1.807) is 47.3 Å². The van der Waals surface area contributed by atoms with Gasteiger partial charge >= 0.3 is 0 Å². The SMILES string of the molecule is NC(=O)Cc1cn(-c2ccc(Cl)c(Cl)c2)nc1-c1ccc(Cl)c(Cl)c1. The lowest BCUT2D eigenvalue weighted by Gasteiger charge is -2.04. The third kappa shape index (κ3) is 3.93. The summed E-state index contributed by atoms with van der Waals surface area (Å²) in [4.78, 5) is 11.4. The van der Waals surface area contributed by atoms with Crippen LogP contribution in [-0.2, 0) is 11.2 Å². The zero-order valence-corrected chi connectivity index (χ0v) is 15.7. The van der Waals surface area contributed by atoms with E-state index < -0.39 is 5.91 Å². The number of carbonyl (C=O) groups excluding carboxylic acids is 1. The minimum atomic E-state index is -0.463. The van der Waals surface area contributed by atoms with E-state index in [9.17, 15) is 4.79 Å². The lowest BCUT2D eigenvalue weighted by Crippen LogP contribution is -2.13. The maximum atomic E-state index is 11.4. The van der Waals surface area contributed by atoms with Gasteiger partial charge < -0.3 is 5.73 Å². The number of aromatic nitrogens is 2. The second-order valence-electron chi connectivity index (χ2n) is 5.32. The summed E-state index contributed by atoms with van der Waals surface area (Å²) in [6, 6.07) is 10.3. The van der Waals surface area contributed by atoms with Crippen LogP contribution in [0.25, 0.3) is 16.9 Å². The number of primary amides is 1. The fourth-order valence-electron chi connectivity index (χ4n) is 2.37. The van der Waals surface area contributed by atoms with E-state index in [0.717, 1.165) is 5.56 Å². The van der Waals surface area contributed by atoms with E-state index in [1.165, 1.54) is 0 Å². The summed E-state index contributed by atoms with van der Waals surface area (Å²) in [5, 5.41) is 6.23. The normalized spacial score (nSPS) is 10.9. The van der Waals surface area contributed by atoms with E-state index in [-0.39, 0.29) is 6.42 Å². The maximum Gasteiger partial charge on any atom is 0.221 e. The van der Waals surface area contributed by atoms with Gasteiger partial charge in [-0.15, -0.1) is 0 Å². The molecule has 0 fully saturated rings. The van der Waals surface area contributed by atoms with Crippen molar-refractivity contribution in [1.82, 2.24) is 9.78 Å². The van der Waals surface area contributed by atoms with Gasteiger partial charge in [0.2, 0.25) is 5.91 Å². The highest BCUT2D eigenvalue weighted by molar-refractivity contribution is 6.42. The van der Waals surface area contributed by atoms with Gasteiger partial charge in [0.05, 0.1) is 37.9 Å². The van der Waals surface area contributed by atoms with Gasteiger partial charge in [0.1, 0.15) is 0 Å². The summed E-state index contributed by atoms with van der Waals surface area (Å²) in [6.45, 7) is 0. The van der Waals surface area contributed by atoms with Crippen molar-refractivity contribution in [2.45, 2.75) is 6.42 Å². The van der Waals surface area contributed by atoms with E-state index >= 15 is 0 Å². The Morgan fingerprint density at radius 2 is 1.60 bits per heavy atom. The number of rotatable bonds is 4. The number of nitrogens with zero attached hydrogens (tertiary/aromatic N) is 2. The number of benzene rings is 2. The number of carbonyl (C=O) groups is 1. The molecule has 0 saturated carbocycles. The standard InChI is InChI=1S/C17H11Cl4N3O/c18-12-3-1-9(5-14(12)20)17-10(6-16(22)25)8-24(23-17)11-2-4-13(19)15(21)7-11/h1-5,7-8H,6H2,(H2,22,25). The van der Waals surface area contributed by atoms with Crippen LogP contribution in [0.2, 0.25) is 20.1 Å². The molecule has 0 bridgehead atoms. The number of halogens is 4. The highest BCUT2D eigenvalue weighted by Gasteiger charge is 2.15. The van der Waals surface area contributed by atoms with E-state index in [0.29, 0.717) is 37.0 Å². The maximum absolute atomic E-state index is 11.4. The minimum Gasteiger partial charge on any atom is -0.369 e. The second kappa shape index (κ2) is 7.26. The Labute approximate surface area is 164 Å². The number of hydrogen-bond acceptors (Lipinski definition) is 2. The molecule has 0 radical (unpaired) electrons. The van der Waals surface area contributed by atoms with Gasteiger partial charge in [0.25, 0.3) is 0 Å². The van der Waals surface area contributed by atoms with Gasteiger partial charge in [-0.05, 0) is 30.3 Å². The van der Waals surface area contributed by atoms with Crippen LogP contribution in [0.4, 0.5) is 0 Å². The monoisotopic (exact) mass is 413 g/mol. The predicted molar refractivity (Wildman–Crippen MR) is 102 cm³/mol. The third-order valence-corrected chi connectivity index (χ3v) is 4.99. The lowest BCUT2D eigenvalue weighted by molar-refractivity contribution is -0.117. The smallest absolute Gasteiger partial charge is 0.221 e. The van der Waals surface area contributed by atoms with Crippen molar-refractivity contribution in [1.29, 1.82) is 0 Å². The van der Waals surface area contributed by atoms with Gasteiger partial charge in [-0.2, -0.15) is 5.10 Å². The molecule has 0 aliphatic carbocycles. The minimum absolute atomic E-state index is 0.0386. The van der Waals surface area contributed by atoms with Crippen LogP contribution in [0, 0.1) is 0 Å². The average molecular weight is 415 g/mol. The molecule has 25 heavy (non-hydrogen) atoms. The second-order valence-corrected chi connectivity index (χ2v) is 6.95. The number of nitrogens with two attached hydrogens (primary N) is 1. The molecule has 3 rings (SSSR count). The van der Waals surface area contributed by atoms with Crippen LogP contribution in [0.15, 0.2) is 42.6 Å². The molecule has 2 aromatic carbocycles. The van der Waals surface area contributed by atoms with Crippen molar-refractivity contribution < 1.29 is 4.79 Å². The molecule has 128 valence electrons. The Bertz CT molecular complexity index is 969. The molecule has 0 aliphatic rings. The fraction of sp³-hybridized carbons (Fsp3) is 0.0588. The van der Waals surface area contributed by atoms with Crippen molar-refractivity contribution in [2.24, 2.45) is 5.73 Å². The molecule has 3 aromatic rings. The third-order valence-electron chi connectivity index (χ3n) is 3.52. The van der Waals surface area contributed by atoms with Crippen LogP contribution in [0.5, 0.6) is 0 Å². The Balaban J connectivity index is 2.13. The first-order chi connectivity index (χ1) is 11.8. The first kappa shape index (κ1) is 18.1. The van der Waals surface area contributed by atoms with E-state index in [2.05, 4.69) is 5.10 Å². The van der Waals surface area contributed by atoms with Crippen molar-refractivity contribution >= 4 is 52.3 Å². The summed E-state index contributed by atoms with van der Waals surface area (Å²) >= 11 is 24.1. The van der Waals surface area contributed by atoms with Gasteiger partial charge in [-0.1, -0.05) is 52.5 Å². The Morgan fingerprint density at radius 3 is 2.20 bits per heavy atom. The van der Waals surface area contributed by atoms with Crippen LogP contribution in [0.1, 0.15) is 5.56 Å². The van der Waals surface area contributed by atoms with E-state index in [1.807, 2.05) is 0 Å². The van der Waals surface area contributed by atoms with Crippen molar-refractivity contribution in [3.63, 3.8) is 0 Å². The molecular formula is C17H11Cl4N3O. The van der Waals surface area contributed by atoms with Crippen molar-refractivity contribution in [3.05, 3.63) is 68.2 Å². The molecule has 0 atom stereocenters. The topological polar surface area (TPSA) is 60.9 Å². The Hall–Kier alpha value is -1.72. The molecule has 4 nitrogen and oxygen atoms in total. The zero-order valence-electron chi connectivity index (χ0n) is 12.6. The van der Waals surface area contributed by atoms with Gasteiger partial charge in [-0.3, -0.25) is 4.79 Å². The largest absolute Gasteiger partial charge is 0.369 e. The van der Waals surface area contributed by atoms with Crippen LogP contribution in [0.3, 0.4) is 0 Å². The first-order valence-electron chi connectivity index (χ1n) is 7.13. The fourth-order valence-corrected chi connectivity index (χ4v) is 2.96. The molecule has 8 heteroatoms. The molecular weight excluding hydrogens is 404 g/mol. The van der Waals surface area contributed by atoms with E-state index in [4.69, 9.17) is 52.1 Å². The molecule has 0 spiro atoms. The molecule has 1 aromatic heterocycles. The van der Waals surface area contributed by atoms with Crippen LogP contribution >= 0.6 is 46.4 Å². The highest BCUT2D eigenvalue weighted by Crippen LogP contribution is 2.31. The first-order valence-corrected chi connectivity index (χ1v) is 8.64. The number of amides is 1. The zero-order chi connectivity index (χ0) is 18.1. The van der Waals surface area contributed by atoms with Crippen LogP contribution in [-0.4, -0.2) is 15.7 Å². The van der Waals surface area contributed by atoms with Crippen LogP contribution < -0.4 is 5.73 Å². The summed E-state index contributed by atoms with van der Waals surface area (Å²) < 4.78 is 1.61. The molecule has 0 aliphatic heterocycles. The van der Waals surface area contributed by atoms with Crippen molar-refractivity contribution in [3.8, 4) is 16.9 Å². The average Bonchev–Trinajstić information content (AvgIpc) is 2.95. The summed E-state index contributed by atoms with van der Waals surface area (Å²) in [6.07, 6.45) is 1.76. The molecule has 1 heterocycles. The number of hydrogen-bond donors (Lipinski definition) is 1. The quantitative estimate of drug-likeness (QED) is 0.639. The molecule has 2 N–H and O–H groups in total. The Morgan fingerprint density at radius 1 is 0.960 bits per heavy atom. The van der Waals surface area contributed by atoms with Gasteiger partial charge in [0.15, 0.2) is 0 Å². The van der Waals surface area contributed by atoms with Crippen molar-refractivity contribution in [2.75, 3.05) is 0 Å². The molecule has 0 saturated heterocycles. The predicted octanol–water partition coefficient (Wildman–Crippen LogP) is 5.18. The Kier molecular flexibility index (Phi) is 5.25. The van der Waals surface area contributed by atoms with Gasteiger partial charge in [0, 0.05) is 17.3 Å². The highest BCUT2D eigenvalue weighted by atomic mass is 35.5. The summed E-state index contributed by atoms with van der Waals surface area (Å²) in [5.74, 6) is -0.463. The summed E-state index contributed by atoms with van der Waals surface area (Å²) in [5.41, 5.74) is 8.03. The lowest BCUT2D eigenvalue weighted by atomic mass is 10.1. The van der Waals surface area contributed by atoms with Gasteiger partial charge in [-0.25, -0.2) is 4.68 Å². The summed E-state index contributed by atoms with van der Waals surface area (Å²) in [7, 11) is 0. The molecule has 0 unspecified atom stereocenters.